The third kappa shape index (κ3) is 3.23. The largest absolute Gasteiger partial charge is 0.493 e. The smallest absolute Gasteiger partial charge is 0.182 e. The summed E-state index contributed by atoms with van der Waals surface area (Å²) in [5, 5.41) is -0.958. The zero-order valence-corrected chi connectivity index (χ0v) is 14.3. The SMILES string of the molecule is COc1cc(Br)c(C(=O)C2CCCCS2(=O)=O)cc1OC. The lowest BCUT2D eigenvalue weighted by Crippen LogP contribution is -2.35. The van der Waals surface area contributed by atoms with Gasteiger partial charge in [0.1, 0.15) is 5.25 Å². The summed E-state index contributed by atoms with van der Waals surface area (Å²) in [6, 6.07) is 3.14. The minimum atomic E-state index is -3.37. The molecule has 1 aromatic carbocycles. The molecule has 7 heteroatoms. The third-order valence-electron chi connectivity index (χ3n) is 3.61. The molecule has 0 radical (unpaired) electrons. The Morgan fingerprint density at radius 2 is 1.81 bits per heavy atom. The summed E-state index contributed by atoms with van der Waals surface area (Å²) in [5.74, 6) is 0.570. The first-order valence-electron chi connectivity index (χ1n) is 6.58. The van der Waals surface area contributed by atoms with Crippen molar-refractivity contribution in [3.63, 3.8) is 0 Å². The minimum Gasteiger partial charge on any atom is -0.493 e. The van der Waals surface area contributed by atoms with E-state index in [1.165, 1.54) is 20.3 Å². The standard InChI is InChI=1S/C14H17BrO5S/c1-19-11-7-9(10(15)8-12(11)20-2)14(16)13-5-3-4-6-21(13,17)18/h7-8,13H,3-6H2,1-2H3. The fourth-order valence-corrected chi connectivity index (χ4v) is 4.85. The summed E-state index contributed by atoms with van der Waals surface area (Å²) in [6.07, 6.45) is 1.75. The van der Waals surface area contributed by atoms with Crippen LogP contribution in [0.25, 0.3) is 0 Å². The molecule has 116 valence electrons. The van der Waals surface area contributed by atoms with E-state index in [9.17, 15) is 13.2 Å². The Bertz CT molecular complexity index is 654. The van der Waals surface area contributed by atoms with Crippen LogP contribution in [0.2, 0.25) is 0 Å². The predicted molar refractivity (Wildman–Crippen MR) is 83.0 cm³/mol. The van der Waals surface area contributed by atoms with Crippen LogP contribution in [0, 0.1) is 0 Å². The maximum atomic E-state index is 12.6. The van der Waals surface area contributed by atoms with Gasteiger partial charge in [0.25, 0.3) is 0 Å². The molecular weight excluding hydrogens is 360 g/mol. The Morgan fingerprint density at radius 3 is 2.38 bits per heavy atom. The molecule has 0 amide bonds. The molecule has 1 aromatic rings. The van der Waals surface area contributed by atoms with Crippen molar-refractivity contribution in [2.75, 3.05) is 20.0 Å². The van der Waals surface area contributed by atoms with E-state index in [4.69, 9.17) is 9.47 Å². The molecule has 1 saturated heterocycles. The lowest BCUT2D eigenvalue weighted by atomic mass is 10.0. The van der Waals surface area contributed by atoms with Gasteiger partial charge in [0.15, 0.2) is 27.1 Å². The average Bonchev–Trinajstić information content (AvgIpc) is 2.45. The second-order valence-electron chi connectivity index (χ2n) is 4.90. The molecule has 1 fully saturated rings. The van der Waals surface area contributed by atoms with E-state index in [-0.39, 0.29) is 11.5 Å². The highest BCUT2D eigenvalue weighted by molar-refractivity contribution is 9.10. The molecule has 1 aliphatic rings. The number of ketones is 1. The Hall–Kier alpha value is -1.08. The summed E-state index contributed by atoms with van der Waals surface area (Å²) < 4.78 is 35.0. The summed E-state index contributed by atoms with van der Waals surface area (Å²) in [5.41, 5.74) is 0.308. The zero-order valence-electron chi connectivity index (χ0n) is 11.9. The number of carbonyl (C=O) groups is 1. The van der Waals surface area contributed by atoms with Gasteiger partial charge in [-0.3, -0.25) is 4.79 Å². The van der Waals surface area contributed by atoms with Crippen molar-refractivity contribution in [3.8, 4) is 11.5 Å². The van der Waals surface area contributed by atoms with Gasteiger partial charge in [0.2, 0.25) is 0 Å². The van der Waals surface area contributed by atoms with Crippen molar-refractivity contribution in [1.29, 1.82) is 0 Å². The zero-order chi connectivity index (χ0) is 15.6. The van der Waals surface area contributed by atoms with Crippen LogP contribution in [0.1, 0.15) is 29.6 Å². The van der Waals surface area contributed by atoms with Crippen LogP contribution in [0.15, 0.2) is 16.6 Å². The minimum absolute atomic E-state index is 0.0777. The second kappa shape index (κ2) is 6.36. The van der Waals surface area contributed by atoms with Crippen LogP contribution >= 0.6 is 15.9 Å². The van der Waals surface area contributed by atoms with Crippen LogP contribution in [0.3, 0.4) is 0 Å². The van der Waals surface area contributed by atoms with Gasteiger partial charge in [-0.25, -0.2) is 8.42 Å². The van der Waals surface area contributed by atoms with E-state index in [1.54, 1.807) is 6.07 Å². The Labute approximate surface area is 132 Å². The molecule has 0 aromatic heterocycles. The van der Waals surface area contributed by atoms with Crippen molar-refractivity contribution in [2.24, 2.45) is 0 Å². The number of methoxy groups -OCH3 is 2. The molecule has 1 atom stereocenters. The molecule has 2 rings (SSSR count). The Morgan fingerprint density at radius 1 is 1.19 bits per heavy atom. The van der Waals surface area contributed by atoms with Crippen LogP contribution < -0.4 is 9.47 Å². The number of halogens is 1. The molecule has 1 heterocycles. The molecule has 1 unspecified atom stereocenters. The molecule has 0 spiro atoms. The van der Waals surface area contributed by atoms with Gasteiger partial charge in [-0.15, -0.1) is 0 Å². The lowest BCUT2D eigenvalue weighted by Gasteiger charge is -2.22. The van der Waals surface area contributed by atoms with Gasteiger partial charge in [-0.1, -0.05) is 6.42 Å². The monoisotopic (exact) mass is 376 g/mol. The molecule has 0 aliphatic carbocycles. The number of hydrogen-bond donors (Lipinski definition) is 0. The number of sulfone groups is 1. The highest BCUT2D eigenvalue weighted by Crippen LogP contribution is 2.35. The summed E-state index contributed by atoms with van der Waals surface area (Å²) in [6.45, 7) is 0. The molecule has 0 bridgehead atoms. The summed E-state index contributed by atoms with van der Waals surface area (Å²) >= 11 is 3.30. The highest BCUT2D eigenvalue weighted by atomic mass is 79.9. The first-order valence-corrected chi connectivity index (χ1v) is 9.09. The van der Waals surface area contributed by atoms with Crippen LogP contribution in [-0.2, 0) is 9.84 Å². The maximum absolute atomic E-state index is 12.6. The first-order chi connectivity index (χ1) is 9.90. The Kier molecular flexibility index (Phi) is 4.93. The molecule has 1 aliphatic heterocycles. The third-order valence-corrected chi connectivity index (χ3v) is 6.44. The molecule has 0 N–H and O–H groups in total. The maximum Gasteiger partial charge on any atom is 0.182 e. The number of Topliss-reactive ketones (excluding diaryl/α,β-unsaturated/α-hetero) is 1. The van der Waals surface area contributed by atoms with E-state index in [2.05, 4.69) is 15.9 Å². The van der Waals surface area contributed by atoms with E-state index in [0.29, 0.717) is 34.4 Å². The fraction of sp³-hybridized carbons (Fsp3) is 0.500. The topological polar surface area (TPSA) is 69.7 Å². The van der Waals surface area contributed by atoms with Crippen molar-refractivity contribution in [3.05, 3.63) is 22.2 Å². The number of ether oxygens (including phenoxy) is 2. The van der Waals surface area contributed by atoms with E-state index >= 15 is 0 Å². The quantitative estimate of drug-likeness (QED) is 0.755. The number of rotatable bonds is 4. The highest BCUT2D eigenvalue weighted by Gasteiger charge is 2.36. The lowest BCUT2D eigenvalue weighted by molar-refractivity contribution is 0.0980. The molecular formula is C14H17BrO5S. The molecule has 5 nitrogen and oxygen atoms in total. The fourth-order valence-electron chi connectivity index (χ4n) is 2.47. The van der Waals surface area contributed by atoms with Gasteiger partial charge >= 0.3 is 0 Å². The van der Waals surface area contributed by atoms with E-state index in [1.807, 2.05) is 0 Å². The van der Waals surface area contributed by atoms with Crippen molar-refractivity contribution < 1.29 is 22.7 Å². The van der Waals surface area contributed by atoms with Gasteiger partial charge < -0.3 is 9.47 Å². The van der Waals surface area contributed by atoms with Gasteiger partial charge in [-0.2, -0.15) is 0 Å². The summed E-state index contributed by atoms with van der Waals surface area (Å²) in [7, 11) is -0.398. The first kappa shape index (κ1) is 16.3. The number of benzene rings is 1. The Balaban J connectivity index is 2.43. The van der Waals surface area contributed by atoms with Crippen molar-refractivity contribution in [1.82, 2.24) is 0 Å². The predicted octanol–water partition coefficient (Wildman–Crippen LogP) is 2.62. The molecule has 21 heavy (non-hydrogen) atoms. The van der Waals surface area contributed by atoms with Gasteiger partial charge in [0, 0.05) is 10.0 Å². The van der Waals surface area contributed by atoms with Gasteiger partial charge in [-0.05, 0) is 40.9 Å². The summed E-state index contributed by atoms with van der Waals surface area (Å²) in [4.78, 5) is 12.6. The number of hydrogen-bond acceptors (Lipinski definition) is 5. The number of carbonyl (C=O) groups excluding carboxylic acids is 1. The second-order valence-corrected chi connectivity index (χ2v) is 8.06. The van der Waals surface area contributed by atoms with Crippen molar-refractivity contribution >= 4 is 31.6 Å². The van der Waals surface area contributed by atoms with Crippen LogP contribution in [0.4, 0.5) is 0 Å². The average molecular weight is 377 g/mol. The van der Waals surface area contributed by atoms with Crippen LogP contribution in [-0.4, -0.2) is 39.4 Å². The van der Waals surface area contributed by atoms with Crippen molar-refractivity contribution in [2.45, 2.75) is 24.5 Å². The normalized spacial score (nSPS) is 20.8. The van der Waals surface area contributed by atoms with E-state index in [0.717, 1.165) is 6.42 Å². The van der Waals surface area contributed by atoms with Crippen LogP contribution in [0.5, 0.6) is 11.5 Å². The van der Waals surface area contributed by atoms with E-state index < -0.39 is 15.1 Å². The van der Waals surface area contributed by atoms with Gasteiger partial charge in [0.05, 0.1) is 20.0 Å². The molecule has 0 saturated carbocycles.